The minimum atomic E-state index is -0.350. The highest BCUT2D eigenvalue weighted by molar-refractivity contribution is 14.2. The second-order valence-corrected chi connectivity index (χ2v) is 3.98. The summed E-state index contributed by atoms with van der Waals surface area (Å²) in [5.41, 5.74) is 0.971. The number of benzene rings is 1. The Hall–Kier alpha value is -0.250. The molecular weight excluding hydrogens is 242 g/mol. The molecule has 2 heteroatoms. The number of hydrogen-bond donors (Lipinski definition) is 0. The summed E-state index contributed by atoms with van der Waals surface area (Å²) in [6, 6.07) is 5.30. The first kappa shape index (κ1) is 7.85. The second kappa shape index (κ2) is 3.23. The SMILES string of the molecule is C=Ic1ccc(C)cc1F. The van der Waals surface area contributed by atoms with Gasteiger partial charge >= 0.3 is 0 Å². The van der Waals surface area contributed by atoms with E-state index in [2.05, 4.69) is 4.51 Å². The van der Waals surface area contributed by atoms with Gasteiger partial charge in [0.2, 0.25) is 0 Å². The highest BCUT2D eigenvalue weighted by Gasteiger charge is 1.96. The van der Waals surface area contributed by atoms with Gasteiger partial charge in [0, 0.05) is 3.57 Å². The summed E-state index contributed by atoms with van der Waals surface area (Å²) in [5, 5.41) is 0. The van der Waals surface area contributed by atoms with Crippen molar-refractivity contribution in [3.63, 3.8) is 0 Å². The molecule has 0 spiro atoms. The van der Waals surface area contributed by atoms with E-state index >= 15 is 0 Å². The van der Waals surface area contributed by atoms with E-state index in [1.165, 1.54) is 0 Å². The summed E-state index contributed by atoms with van der Waals surface area (Å²) >= 11 is -0.350. The van der Waals surface area contributed by atoms with Crippen LogP contribution in [0.15, 0.2) is 18.2 Å². The number of aryl methyl sites for hydroxylation is 1. The molecule has 0 aliphatic carbocycles. The average Bonchev–Trinajstić information content (AvgIpc) is 1.88. The van der Waals surface area contributed by atoms with Crippen LogP contribution in [0.2, 0.25) is 0 Å². The van der Waals surface area contributed by atoms with Crippen LogP contribution >= 0.6 is 20.7 Å². The van der Waals surface area contributed by atoms with Crippen molar-refractivity contribution >= 4 is 25.2 Å². The Kier molecular flexibility index (Phi) is 2.54. The van der Waals surface area contributed by atoms with Crippen LogP contribution < -0.4 is 0 Å². The number of halogens is 2. The largest absolute Gasteiger partial charge is 0.206 e. The maximum atomic E-state index is 12.8. The molecule has 0 N–H and O–H groups in total. The smallest absolute Gasteiger partial charge is 0.136 e. The van der Waals surface area contributed by atoms with Crippen LogP contribution in [0.4, 0.5) is 4.39 Å². The van der Waals surface area contributed by atoms with E-state index in [1.54, 1.807) is 6.07 Å². The van der Waals surface area contributed by atoms with Crippen molar-refractivity contribution in [2.75, 3.05) is 0 Å². The molecule has 1 aromatic rings. The van der Waals surface area contributed by atoms with Crippen molar-refractivity contribution in [2.45, 2.75) is 6.92 Å². The maximum absolute atomic E-state index is 12.8. The van der Waals surface area contributed by atoms with Crippen LogP contribution in [0.1, 0.15) is 5.56 Å². The molecule has 0 aliphatic heterocycles. The molecule has 0 saturated carbocycles. The van der Waals surface area contributed by atoms with Gasteiger partial charge in [0.15, 0.2) is 0 Å². The van der Waals surface area contributed by atoms with Gasteiger partial charge in [-0.2, -0.15) is 0 Å². The normalized spacial score (nSPS) is 9.80. The van der Waals surface area contributed by atoms with E-state index in [-0.39, 0.29) is 26.5 Å². The molecule has 0 atom stereocenters. The van der Waals surface area contributed by atoms with Crippen molar-refractivity contribution in [3.8, 4) is 0 Å². The van der Waals surface area contributed by atoms with E-state index in [9.17, 15) is 4.39 Å². The van der Waals surface area contributed by atoms with Crippen LogP contribution in [0.5, 0.6) is 0 Å². The molecule has 1 rings (SSSR count). The topological polar surface area (TPSA) is 0 Å². The lowest BCUT2D eigenvalue weighted by Crippen LogP contribution is -1.81. The molecular formula is C8H8FI. The third-order valence-electron chi connectivity index (χ3n) is 1.22. The maximum Gasteiger partial charge on any atom is 0.136 e. The summed E-state index contributed by atoms with van der Waals surface area (Å²) in [5.74, 6) is -0.0946. The first-order chi connectivity index (χ1) is 4.74. The third-order valence-corrected chi connectivity index (χ3v) is 2.92. The Labute approximate surface area is 69.8 Å². The molecule has 0 bridgehead atoms. The van der Waals surface area contributed by atoms with E-state index < -0.39 is 0 Å². The Morgan fingerprint density at radius 3 is 2.70 bits per heavy atom. The standard InChI is InChI=1S/C8H8FI/c1-6-3-4-8(10-2)7(9)5-6/h3-5H,2H2,1H3. The zero-order valence-electron chi connectivity index (χ0n) is 5.70. The lowest BCUT2D eigenvalue weighted by molar-refractivity contribution is 0.619. The van der Waals surface area contributed by atoms with Crippen molar-refractivity contribution in [2.24, 2.45) is 0 Å². The summed E-state index contributed by atoms with van der Waals surface area (Å²) in [6.07, 6.45) is 0. The minimum Gasteiger partial charge on any atom is -0.206 e. The van der Waals surface area contributed by atoms with E-state index in [0.717, 1.165) is 9.13 Å². The zero-order valence-corrected chi connectivity index (χ0v) is 7.85. The fraction of sp³-hybridized carbons (Fsp3) is 0.125. The fourth-order valence-corrected chi connectivity index (χ4v) is 1.66. The lowest BCUT2D eigenvalue weighted by Gasteiger charge is -1.95. The lowest BCUT2D eigenvalue weighted by atomic mass is 10.2. The summed E-state index contributed by atoms with van der Waals surface area (Å²) in [6.45, 7) is 1.88. The van der Waals surface area contributed by atoms with Crippen LogP contribution in [-0.4, -0.2) is 4.51 Å². The molecule has 0 amide bonds. The molecule has 0 aliphatic rings. The van der Waals surface area contributed by atoms with Crippen molar-refractivity contribution < 1.29 is 4.39 Å². The molecule has 0 saturated heterocycles. The van der Waals surface area contributed by atoms with Crippen LogP contribution in [0.3, 0.4) is 0 Å². The van der Waals surface area contributed by atoms with Crippen molar-refractivity contribution in [1.82, 2.24) is 0 Å². The molecule has 0 fully saturated rings. The average molecular weight is 250 g/mol. The number of hydrogen-bond acceptors (Lipinski definition) is 0. The fourth-order valence-electron chi connectivity index (χ4n) is 0.710. The first-order valence-electron chi connectivity index (χ1n) is 2.88. The van der Waals surface area contributed by atoms with E-state index in [1.807, 2.05) is 19.1 Å². The molecule has 0 unspecified atom stereocenters. The summed E-state index contributed by atoms with van der Waals surface area (Å²) in [7, 11) is 0. The van der Waals surface area contributed by atoms with Gasteiger partial charge in [0.25, 0.3) is 0 Å². The number of rotatable bonds is 1. The monoisotopic (exact) mass is 250 g/mol. The van der Waals surface area contributed by atoms with Crippen molar-refractivity contribution in [3.05, 3.63) is 33.1 Å². The van der Waals surface area contributed by atoms with Gasteiger partial charge in [-0.3, -0.25) is 0 Å². The van der Waals surface area contributed by atoms with Gasteiger partial charge in [-0.05, 0) is 24.6 Å². The predicted molar refractivity (Wildman–Crippen MR) is 51.0 cm³/mol. The quantitative estimate of drug-likeness (QED) is 0.672. The molecule has 0 radical (unpaired) electrons. The Morgan fingerprint density at radius 1 is 1.50 bits per heavy atom. The molecule has 0 nitrogen and oxygen atoms in total. The van der Waals surface area contributed by atoms with E-state index in [4.69, 9.17) is 0 Å². The van der Waals surface area contributed by atoms with E-state index in [0.29, 0.717) is 0 Å². The Balaban J connectivity index is 3.19. The minimum absolute atomic E-state index is 0.0946. The molecule has 10 heavy (non-hydrogen) atoms. The Morgan fingerprint density at radius 2 is 2.20 bits per heavy atom. The second-order valence-electron chi connectivity index (χ2n) is 2.05. The highest BCUT2D eigenvalue weighted by atomic mass is 127. The van der Waals surface area contributed by atoms with Gasteiger partial charge in [0.1, 0.15) is 5.82 Å². The van der Waals surface area contributed by atoms with Gasteiger partial charge in [-0.15, -0.1) is 0 Å². The van der Waals surface area contributed by atoms with Gasteiger partial charge in [-0.1, -0.05) is 31.3 Å². The predicted octanol–water partition coefficient (Wildman–Crippen LogP) is 2.71. The van der Waals surface area contributed by atoms with Gasteiger partial charge in [-0.25, -0.2) is 4.39 Å². The van der Waals surface area contributed by atoms with Gasteiger partial charge in [0.05, 0.1) is 0 Å². The third kappa shape index (κ3) is 1.62. The first-order valence-corrected chi connectivity index (χ1v) is 5.49. The molecule has 1 aromatic carbocycles. The van der Waals surface area contributed by atoms with Crippen LogP contribution in [-0.2, 0) is 0 Å². The molecule has 54 valence electrons. The molecule has 0 aromatic heterocycles. The van der Waals surface area contributed by atoms with Crippen LogP contribution in [0.25, 0.3) is 0 Å². The highest BCUT2D eigenvalue weighted by Crippen LogP contribution is 2.14. The van der Waals surface area contributed by atoms with Gasteiger partial charge < -0.3 is 0 Å². The zero-order chi connectivity index (χ0) is 7.56. The molecule has 0 heterocycles. The van der Waals surface area contributed by atoms with Crippen molar-refractivity contribution in [1.29, 1.82) is 0 Å². The summed E-state index contributed by atoms with van der Waals surface area (Å²) < 4.78 is 17.4. The van der Waals surface area contributed by atoms with Crippen LogP contribution in [0, 0.1) is 16.3 Å². The summed E-state index contributed by atoms with van der Waals surface area (Å²) in [4.78, 5) is 0. The Bertz CT molecular complexity index is 255.